The molecule has 39 heavy (non-hydrogen) atoms. The van der Waals surface area contributed by atoms with Crippen molar-refractivity contribution in [1.82, 2.24) is 0 Å². The molecular formula is C35H46O4. The fraction of sp³-hybridized carbons (Fsp3) is 0.429. The summed E-state index contributed by atoms with van der Waals surface area (Å²) in [7, 11) is 3.22. The monoisotopic (exact) mass is 530 g/mol. The van der Waals surface area contributed by atoms with Crippen LogP contribution in [0.3, 0.4) is 0 Å². The summed E-state index contributed by atoms with van der Waals surface area (Å²) >= 11 is 0. The van der Waals surface area contributed by atoms with Gasteiger partial charge in [0.2, 0.25) is 0 Å². The Hall–Kier alpha value is -2.92. The highest BCUT2D eigenvalue weighted by Crippen LogP contribution is 2.40. The molecule has 4 heteroatoms. The summed E-state index contributed by atoms with van der Waals surface area (Å²) in [6, 6.07) is 22.1. The summed E-state index contributed by atoms with van der Waals surface area (Å²) < 4.78 is 5.56. The van der Waals surface area contributed by atoms with Crippen molar-refractivity contribution in [1.29, 1.82) is 0 Å². The van der Waals surface area contributed by atoms with Crippen LogP contribution in [0, 0.1) is 6.92 Å². The lowest BCUT2D eigenvalue weighted by Gasteiger charge is -2.34. The Kier molecular flexibility index (Phi) is 10.9. The highest BCUT2D eigenvalue weighted by molar-refractivity contribution is 5.67. The second-order valence-electron chi connectivity index (χ2n) is 10.3. The summed E-state index contributed by atoms with van der Waals surface area (Å²) in [5.74, 6) is 0.855. The molecule has 3 aromatic carbocycles. The second-order valence-corrected chi connectivity index (χ2v) is 10.3. The van der Waals surface area contributed by atoms with Crippen molar-refractivity contribution in [3.8, 4) is 16.9 Å². The van der Waals surface area contributed by atoms with Crippen LogP contribution in [-0.2, 0) is 21.6 Å². The molecule has 0 fully saturated rings. The number of hydrogen-bond donors (Lipinski definition) is 1. The van der Waals surface area contributed by atoms with E-state index in [4.69, 9.17) is 14.5 Å². The third kappa shape index (κ3) is 7.00. The lowest BCUT2D eigenvalue weighted by atomic mass is 9.70. The fourth-order valence-electron chi connectivity index (χ4n) is 5.49. The van der Waals surface area contributed by atoms with Gasteiger partial charge in [0.25, 0.3) is 0 Å². The van der Waals surface area contributed by atoms with Crippen molar-refractivity contribution in [2.75, 3.05) is 20.8 Å². The molecule has 0 radical (unpaired) electrons. The molecule has 0 bridgehead atoms. The van der Waals surface area contributed by atoms with Crippen LogP contribution in [0.25, 0.3) is 17.2 Å². The van der Waals surface area contributed by atoms with Crippen LogP contribution in [0.4, 0.5) is 0 Å². The molecule has 0 saturated heterocycles. The third-order valence-corrected chi connectivity index (χ3v) is 8.45. The van der Waals surface area contributed by atoms with E-state index in [1.807, 2.05) is 26.0 Å². The number of ether oxygens (including phenoxy) is 1. The van der Waals surface area contributed by atoms with Crippen LogP contribution >= 0.6 is 0 Å². The summed E-state index contributed by atoms with van der Waals surface area (Å²) in [4.78, 5) is 9.84. The fourth-order valence-corrected chi connectivity index (χ4v) is 5.49. The first-order chi connectivity index (χ1) is 18.8. The average Bonchev–Trinajstić information content (AvgIpc) is 2.98. The Labute approximate surface area is 235 Å². The SMILES string of the molecule is CCC(O)(/C=C/c1ccc(C(CC)(CC)c2ccc(-c3ccc(OC)c(CCOOC)c3)cc2)cc1C)CC. The van der Waals surface area contributed by atoms with Gasteiger partial charge >= 0.3 is 0 Å². The molecule has 0 aliphatic carbocycles. The number of methoxy groups -OCH3 is 1. The van der Waals surface area contributed by atoms with E-state index in [0.717, 1.165) is 35.3 Å². The van der Waals surface area contributed by atoms with Crippen LogP contribution in [0.5, 0.6) is 5.75 Å². The molecule has 0 spiro atoms. The molecule has 0 saturated carbocycles. The molecule has 0 aromatic heterocycles. The van der Waals surface area contributed by atoms with Crippen molar-refractivity contribution < 1.29 is 19.6 Å². The molecule has 0 aliphatic rings. The highest BCUT2D eigenvalue weighted by Gasteiger charge is 2.31. The number of rotatable bonds is 14. The zero-order chi connectivity index (χ0) is 28.5. The minimum absolute atomic E-state index is 0.0678. The zero-order valence-corrected chi connectivity index (χ0v) is 24.8. The maximum atomic E-state index is 10.7. The van der Waals surface area contributed by atoms with E-state index in [0.29, 0.717) is 25.9 Å². The summed E-state index contributed by atoms with van der Waals surface area (Å²) in [5, 5.41) is 10.7. The van der Waals surface area contributed by atoms with Gasteiger partial charge in [-0.05, 0) is 83.7 Å². The molecule has 0 heterocycles. The smallest absolute Gasteiger partial charge is 0.122 e. The predicted octanol–water partition coefficient (Wildman–Crippen LogP) is 8.46. The molecular weight excluding hydrogens is 484 g/mol. The van der Waals surface area contributed by atoms with Crippen LogP contribution < -0.4 is 4.74 Å². The summed E-state index contributed by atoms with van der Waals surface area (Å²) in [6.07, 6.45) is 8.17. The summed E-state index contributed by atoms with van der Waals surface area (Å²) in [6.45, 7) is 11.2. The maximum absolute atomic E-state index is 10.7. The van der Waals surface area contributed by atoms with E-state index in [1.165, 1.54) is 29.4 Å². The number of aliphatic hydroxyl groups is 1. The van der Waals surface area contributed by atoms with Crippen LogP contribution in [0.2, 0.25) is 0 Å². The molecule has 0 aliphatic heterocycles. The van der Waals surface area contributed by atoms with Gasteiger partial charge in [-0.25, -0.2) is 9.78 Å². The first-order valence-corrected chi connectivity index (χ1v) is 14.3. The zero-order valence-electron chi connectivity index (χ0n) is 24.8. The second kappa shape index (κ2) is 13.9. The lowest BCUT2D eigenvalue weighted by Crippen LogP contribution is -2.26. The normalized spacial score (nSPS) is 12.3. The van der Waals surface area contributed by atoms with E-state index in [-0.39, 0.29) is 5.41 Å². The Balaban J connectivity index is 1.92. The van der Waals surface area contributed by atoms with Gasteiger partial charge in [0.1, 0.15) is 5.75 Å². The van der Waals surface area contributed by atoms with E-state index in [2.05, 4.69) is 81.4 Å². The minimum Gasteiger partial charge on any atom is -0.496 e. The topological polar surface area (TPSA) is 47.9 Å². The van der Waals surface area contributed by atoms with Gasteiger partial charge in [-0.2, -0.15) is 0 Å². The van der Waals surface area contributed by atoms with Gasteiger partial charge in [-0.3, -0.25) is 0 Å². The molecule has 0 amide bonds. The van der Waals surface area contributed by atoms with Gasteiger partial charge in [-0.1, -0.05) is 88.4 Å². The van der Waals surface area contributed by atoms with E-state index >= 15 is 0 Å². The molecule has 1 N–H and O–H groups in total. The van der Waals surface area contributed by atoms with Gasteiger partial charge in [-0.15, -0.1) is 0 Å². The van der Waals surface area contributed by atoms with Gasteiger partial charge in [0.05, 0.1) is 26.4 Å². The first-order valence-electron chi connectivity index (χ1n) is 14.3. The number of hydrogen-bond acceptors (Lipinski definition) is 4. The molecule has 3 aromatic rings. The highest BCUT2D eigenvalue weighted by atomic mass is 17.2. The maximum Gasteiger partial charge on any atom is 0.122 e. The first kappa shape index (κ1) is 30.6. The van der Waals surface area contributed by atoms with Crippen LogP contribution in [0.15, 0.2) is 66.7 Å². The van der Waals surface area contributed by atoms with Gasteiger partial charge in [0, 0.05) is 11.8 Å². The van der Waals surface area contributed by atoms with E-state index in [9.17, 15) is 5.11 Å². The largest absolute Gasteiger partial charge is 0.496 e. The number of aryl methyl sites for hydroxylation is 1. The van der Waals surface area contributed by atoms with Gasteiger partial charge in [0.15, 0.2) is 0 Å². The van der Waals surface area contributed by atoms with Crippen molar-refractivity contribution in [2.24, 2.45) is 0 Å². The van der Waals surface area contributed by atoms with E-state index < -0.39 is 5.60 Å². The Bertz CT molecular complexity index is 1220. The molecule has 0 unspecified atom stereocenters. The lowest BCUT2D eigenvalue weighted by molar-refractivity contribution is -0.271. The average molecular weight is 531 g/mol. The van der Waals surface area contributed by atoms with Crippen molar-refractivity contribution in [2.45, 2.75) is 77.7 Å². The number of benzene rings is 3. The third-order valence-electron chi connectivity index (χ3n) is 8.45. The Morgan fingerprint density at radius 1 is 0.769 bits per heavy atom. The Morgan fingerprint density at radius 2 is 1.41 bits per heavy atom. The van der Waals surface area contributed by atoms with Crippen molar-refractivity contribution >= 4 is 6.08 Å². The quantitative estimate of drug-likeness (QED) is 0.129. The molecule has 0 atom stereocenters. The minimum atomic E-state index is -0.744. The van der Waals surface area contributed by atoms with Crippen molar-refractivity contribution in [3.05, 3.63) is 94.6 Å². The predicted molar refractivity (Wildman–Crippen MR) is 162 cm³/mol. The molecule has 4 nitrogen and oxygen atoms in total. The van der Waals surface area contributed by atoms with Gasteiger partial charge < -0.3 is 9.84 Å². The van der Waals surface area contributed by atoms with Crippen LogP contribution in [-0.4, -0.2) is 31.5 Å². The van der Waals surface area contributed by atoms with E-state index in [1.54, 1.807) is 7.11 Å². The molecule has 210 valence electrons. The summed E-state index contributed by atoms with van der Waals surface area (Å²) in [5.41, 5.74) is 7.65. The molecule has 3 rings (SSSR count). The Morgan fingerprint density at radius 3 is 1.97 bits per heavy atom. The van der Waals surface area contributed by atoms with Crippen molar-refractivity contribution in [3.63, 3.8) is 0 Å². The standard InChI is InChI=1S/C35H46O4/c1-8-34(36,9-2)22-20-27-12-18-32(24-26(27)5)35(10-3,11-4)31-16-13-28(14-17-31)29-15-19-33(37-6)30(25-29)21-23-39-38-7/h12-20,22,24-25,36H,8-11,21,23H2,1-7H3/b22-20+. The van der Waals surface area contributed by atoms with Crippen LogP contribution in [0.1, 0.15) is 81.2 Å².